The van der Waals surface area contributed by atoms with E-state index in [4.69, 9.17) is 10.00 Å². The van der Waals surface area contributed by atoms with Crippen LogP contribution in [-0.2, 0) is 14.3 Å². The summed E-state index contributed by atoms with van der Waals surface area (Å²) in [5, 5.41) is 11.8. The lowest BCUT2D eigenvalue weighted by Crippen LogP contribution is -2.49. The van der Waals surface area contributed by atoms with Crippen molar-refractivity contribution in [2.75, 3.05) is 0 Å². The Morgan fingerprint density at radius 2 is 1.90 bits per heavy atom. The van der Waals surface area contributed by atoms with E-state index in [-0.39, 0.29) is 23.8 Å². The van der Waals surface area contributed by atoms with Crippen molar-refractivity contribution in [1.29, 1.82) is 5.26 Å². The minimum absolute atomic E-state index is 0.0641. The zero-order chi connectivity index (χ0) is 16.2. The molecule has 118 valence electrons. The Bertz CT molecular complexity index is 432. The number of nitrogens with zero attached hydrogens (tertiary/aromatic N) is 1. The van der Waals surface area contributed by atoms with E-state index in [1.54, 1.807) is 20.8 Å². The molecule has 1 rings (SSSR count). The van der Waals surface area contributed by atoms with Gasteiger partial charge in [0.05, 0.1) is 12.0 Å². The van der Waals surface area contributed by atoms with Crippen LogP contribution in [0.4, 0.5) is 0 Å². The minimum atomic E-state index is -0.670. The van der Waals surface area contributed by atoms with Gasteiger partial charge < -0.3 is 10.1 Å². The summed E-state index contributed by atoms with van der Waals surface area (Å²) in [6, 6.07) is 1.52. The van der Waals surface area contributed by atoms with Crippen LogP contribution in [0.15, 0.2) is 0 Å². The van der Waals surface area contributed by atoms with Gasteiger partial charge in [0, 0.05) is 5.41 Å². The SMILES string of the molecule is CC(C)C(NC(=O)C(C)(C)C)C(=O)OC1CCCC1C#N. The zero-order valence-electron chi connectivity index (χ0n) is 13.6. The van der Waals surface area contributed by atoms with Crippen molar-refractivity contribution >= 4 is 11.9 Å². The third kappa shape index (κ3) is 4.73. The number of nitrogens with one attached hydrogen (secondary N) is 1. The molecule has 0 saturated heterocycles. The summed E-state index contributed by atoms with van der Waals surface area (Å²) in [7, 11) is 0. The average Bonchev–Trinajstić information content (AvgIpc) is 2.80. The van der Waals surface area contributed by atoms with Gasteiger partial charge in [-0.2, -0.15) is 5.26 Å². The van der Waals surface area contributed by atoms with Gasteiger partial charge in [-0.1, -0.05) is 34.6 Å². The Kier molecular flexibility index (Phi) is 5.77. The lowest BCUT2D eigenvalue weighted by Gasteiger charge is -2.27. The summed E-state index contributed by atoms with van der Waals surface area (Å²) >= 11 is 0. The first kappa shape index (κ1) is 17.5. The largest absolute Gasteiger partial charge is 0.459 e. The van der Waals surface area contributed by atoms with E-state index in [9.17, 15) is 9.59 Å². The Hall–Kier alpha value is -1.57. The van der Waals surface area contributed by atoms with Crippen molar-refractivity contribution in [3.8, 4) is 6.07 Å². The maximum Gasteiger partial charge on any atom is 0.329 e. The molecule has 0 radical (unpaired) electrons. The van der Waals surface area contributed by atoms with Crippen molar-refractivity contribution < 1.29 is 14.3 Å². The topological polar surface area (TPSA) is 79.2 Å². The second-order valence-electron chi connectivity index (χ2n) is 7.09. The minimum Gasteiger partial charge on any atom is -0.459 e. The van der Waals surface area contributed by atoms with E-state index in [0.717, 1.165) is 19.3 Å². The van der Waals surface area contributed by atoms with E-state index in [0.29, 0.717) is 0 Å². The van der Waals surface area contributed by atoms with Crippen LogP contribution in [0, 0.1) is 28.6 Å². The highest BCUT2D eigenvalue weighted by atomic mass is 16.5. The molecule has 1 amide bonds. The van der Waals surface area contributed by atoms with Crippen molar-refractivity contribution in [3.63, 3.8) is 0 Å². The molecule has 0 aromatic rings. The molecule has 3 unspecified atom stereocenters. The van der Waals surface area contributed by atoms with Crippen LogP contribution >= 0.6 is 0 Å². The standard InChI is InChI=1S/C16H26N2O3/c1-10(2)13(18-15(20)16(3,4)5)14(19)21-12-8-6-7-11(12)9-17/h10-13H,6-8H2,1-5H3,(H,18,20). The number of hydrogen-bond donors (Lipinski definition) is 1. The highest BCUT2D eigenvalue weighted by Crippen LogP contribution is 2.28. The van der Waals surface area contributed by atoms with E-state index in [1.807, 2.05) is 13.8 Å². The number of ether oxygens (including phenoxy) is 1. The number of esters is 1. The molecule has 1 saturated carbocycles. The molecule has 1 fully saturated rings. The second kappa shape index (κ2) is 6.93. The Labute approximate surface area is 127 Å². The fourth-order valence-electron chi connectivity index (χ4n) is 2.29. The number of amides is 1. The predicted octanol–water partition coefficient (Wildman–Crippen LogP) is 2.41. The van der Waals surface area contributed by atoms with Crippen LogP contribution in [0.25, 0.3) is 0 Å². The van der Waals surface area contributed by atoms with Crippen LogP contribution < -0.4 is 5.32 Å². The van der Waals surface area contributed by atoms with Crippen molar-refractivity contribution in [2.24, 2.45) is 17.3 Å². The highest BCUT2D eigenvalue weighted by molar-refractivity contribution is 5.87. The average molecular weight is 294 g/mol. The predicted molar refractivity (Wildman–Crippen MR) is 79.1 cm³/mol. The molecule has 1 aliphatic rings. The first-order valence-electron chi connectivity index (χ1n) is 7.58. The molecule has 1 N–H and O–H groups in total. The number of nitriles is 1. The zero-order valence-corrected chi connectivity index (χ0v) is 13.6. The van der Waals surface area contributed by atoms with Crippen molar-refractivity contribution in [2.45, 2.75) is 66.0 Å². The van der Waals surface area contributed by atoms with Gasteiger partial charge in [0.2, 0.25) is 5.91 Å². The molecule has 21 heavy (non-hydrogen) atoms. The number of carbonyl (C=O) groups excluding carboxylic acids is 2. The maximum atomic E-state index is 12.3. The van der Waals surface area contributed by atoms with Gasteiger partial charge in [0.15, 0.2) is 0 Å². The summed E-state index contributed by atoms with van der Waals surface area (Å²) in [5.74, 6) is -0.901. The Morgan fingerprint density at radius 1 is 1.29 bits per heavy atom. The summed E-state index contributed by atoms with van der Waals surface area (Å²) in [5.41, 5.74) is -0.560. The normalized spacial score (nSPS) is 23.5. The number of hydrogen-bond acceptors (Lipinski definition) is 4. The maximum absolute atomic E-state index is 12.3. The summed E-state index contributed by atoms with van der Waals surface area (Å²) in [6.07, 6.45) is 2.06. The first-order chi connectivity index (χ1) is 9.66. The summed E-state index contributed by atoms with van der Waals surface area (Å²) in [6.45, 7) is 9.13. The van der Waals surface area contributed by atoms with Gasteiger partial charge in [0.25, 0.3) is 0 Å². The molecule has 0 spiro atoms. The first-order valence-corrected chi connectivity index (χ1v) is 7.58. The summed E-state index contributed by atoms with van der Waals surface area (Å²) < 4.78 is 5.48. The fourth-order valence-corrected chi connectivity index (χ4v) is 2.29. The van der Waals surface area contributed by atoms with Crippen LogP contribution in [-0.4, -0.2) is 24.0 Å². The smallest absolute Gasteiger partial charge is 0.329 e. The molecule has 0 heterocycles. The molecule has 1 aliphatic carbocycles. The van der Waals surface area contributed by atoms with Gasteiger partial charge >= 0.3 is 5.97 Å². The van der Waals surface area contributed by atoms with Crippen LogP contribution in [0.2, 0.25) is 0 Å². The summed E-state index contributed by atoms with van der Waals surface area (Å²) in [4.78, 5) is 24.4. The van der Waals surface area contributed by atoms with Crippen molar-refractivity contribution in [3.05, 3.63) is 0 Å². The monoisotopic (exact) mass is 294 g/mol. The van der Waals surface area contributed by atoms with Gasteiger partial charge in [-0.15, -0.1) is 0 Å². The third-order valence-corrected chi connectivity index (χ3v) is 3.77. The number of carbonyl (C=O) groups is 2. The lowest BCUT2D eigenvalue weighted by atomic mass is 9.94. The van der Waals surface area contributed by atoms with E-state index in [1.165, 1.54) is 0 Å². The van der Waals surface area contributed by atoms with Crippen LogP contribution in [0.1, 0.15) is 53.9 Å². The quantitative estimate of drug-likeness (QED) is 0.807. The van der Waals surface area contributed by atoms with E-state index < -0.39 is 17.4 Å². The van der Waals surface area contributed by atoms with E-state index in [2.05, 4.69) is 11.4 Å². The van der Waals surface area contributed by atoms with Gasteiger partial charge in [-0.25, -0.2) is 4.79 Å². The molecule has 3 atom stereocenters. The lowest BCUT2D eigenvalue weighted by molar-refractivity contribution is -0.155. The molecule has 0 aromatic heterocycles. The Morgan fingerprint density at radius 3 is 2.38 bits per heavy atom. The molecular formula is C16H26N2O3. The Balaban J connectivity index is 2.70. The molecular weight excluding hydrogens is 268 g/mol. The molecule has 5 nitrogen and oxygen atoms in total. The van der Waals surface area contributed by atoms with Gasteiger partial charge in [-0.05, 0) is 25.2 Å². The van der Waals surface area contributed by atoms with E-state index >= 15 is 0 Å². The van der Waals surface area contributed by atoms with Crippen LogP contribution in [0.3, 0.4) is 0 Å². The molecule has 0 bridgehead atoms. The second-order valence-corrected chi connectivity index (χ2v) is 7.09. The van der Waals surface area contributed by atoms with Crippen molar-refractivity contribution in [1.82, 2.24) is 5.32 Å². The molecule has 0 aromatic carbocycles. The highest BCUT2D eigenvalue weighted by Gasteiger charge is 2.35. The molecule has 0 aliphatic heterocycles. The van der Waals surface area contributed by atoms with Crippen LogP contribution in [0.5, 0.6) is 0 Å². The van der Waals surface area contributed by atoms with Gasteiger partial charge in [0.1, 0.15) is 12.1 Å². The molecule has 5 heteroatoms. The third-order valence-electron chi connectivity index (χ3n) is 3.77. The fraction of sp³-hybridized carbons (Fsp3) is 0.812. The number of rotatable bonds is 4. The van der Waals surface area contributed by atoms with Gasteiger partial charge in [-0.3, -0.25) is 4.79 Å².